The van der Waals surface area contributed by atoms with Crippen molar-refractivity contribution in [3.05, 3.63) is 95.8 Å². The number of hydrogen-bond acceptors (Lipinski definition) is 6. The summed E-state index contributed by atoms with van der Waals surface area (Å²) in [6.45, 7) is 6.94. The van der Waals surface area contributed by atoms with Crippen LogP contribution in [0.3, 0.4) is 0 Å². The van der Waals surface area contributed by atoms with Crippen molar-refractivity contribution in [2.45, 2.75) is 19.4 Å². The van der Waals surface area contributed by atoms with Crippen LogP contribution in [0.2, 0.25) is 0 Å². The van der Waals surface area contributed by atoms with Gasteiger partial charge in [-0.1, -0.05) is 43.0 Å². The van der Waals surface area contributed by atoms with Crippen molar-refractivity contribution in [3.8, 4) is 11.4 Å². The fraction of sp³-hybridized carbons (Fsp3) is 0.276. The smallest absolute Gasteiger partial charge is 0.295 e. The Morgan fingerprint density at radius 2 is 1.92 bits per heavy atom. The normalized spacial score (nSPS) is 17.0. The molecule has 0 bridgehead atoms. The average molecular weight is 501 g/mol. The summed E-state index contributed by atoms with van der Waals surface area (Å²) >= 11 is 0. The minimum absolute atomic E-state index is 0.0476. The first-order valence-electron chi connectivity index (χ1n) is 12.2. The number of aliphatic hydroxyl groups excluding tert-OH is 1. The zero-order valence-electron chi connectivity index (χ0n) is 21.4. The Balaban J connectivity index is 1.81. The number of rotatable bonds is 10. The molecule has 8 heteroatoms. The third-order valence-corrected chi connectivity index (χ3v) is 6.35. The molecule has 1 N–H and O–H groups in total. The van der Waals surface area contributed by atoms with Crippen LogP contribution in [0, 0.1) is 6.92 Å². The number of carbonyl (C=O) groups is 2. The number of para-hydroxylation sites is 1. The van der Waals surface area contributed by atoms with Crippen LogP contribution in [0.1, 0.15) is 29.3 Å². The number of hydrogen-bond donors (Lipinski definition) is 1. The van der Waals surface area contributed by atoms with Gasteiger partial charge in [0.1, 0.15) is 18.1 Å². The highest BCUT2D eigenvalue weighted by molar-refractivity contribution is 6.46. The van der Waals surface area contributed by atoms with Gasteiger partial charge in [-0.05, 0) is 63.8 Å². The van der Waals surface area contributed by atoms with E-state index < -0.39 is 17.7 Å². The number of Topliss-reactive ketones (excluding diaryl/α,β-unsaturated/α-hetero) is 1. The van der Waals surface area contributed by atoms with Crippen molar-refractivity contribution >= 4 is 17.4 Å². The lowest BCUT2D eigenvalue weighted by atomic mass is 9.95. The molecule has 3 aromatic rings. The van der Waals surface area contributed by atoms with E-state index in [4.69, 9.17) is 4.74 Å². The highest BCUT2D eigenvalue weighted by atomic mass is 16.5. The fourth-order valence-corrected chi connectivity index (χ4v) is 4.56. The molecule has 1 aliphatic rings. The van der Waals surface area contributed by atoms with Gasteiger partial charge < -0.3 is 19.6 Å². The first kappa shape index (κ1) is 25.9. The van der Waals surface area contributed by atoms with Gasteiger partial charge in [-0.25, -0.2) is 4.68 Å². The molecule has 1 amide bonds. The third-order valence-electron chi connectivity index (χ3n) is 6.35. The lowest BCUT2D eigenvalue weighted by Crippen LogP contribution is -2.32. The van der Waals surface area contributed by atoms with Crippen LogP contribution in [0.15, 0.2) is 79.0 Å². The number of ether oxygens (including phenoxy) is 1. The predicted octanol–water partition coefficient (Wildman–Crippen LogP) is 4.12. The second-order valence-corrected chi connectivity index (χ2v) is 9.21. The predicted molar refractivity (Wildman–Crippen MR) is 143 cm³/mol. The molecular weight excluding hydrogens is 468 g/mol. The zero-order chi connectivity index (χ0) is 26.5. The summed E-state index contributed by atoms with van der Waals surface area (Å²) in [5.41, 5.74) is 2.61. The van der Waals surface area contributed by atoms with E-state index in [1.807, 2.05) is 68.4 Å². The highest BCUT2D eigenvalue weighted by Crippen LogP contribution is 2.40. The van der Waals surface area contributed by atoms with Gasteiger partial charge in [-0.15, -0.1) is 0 Å². The molecular formula is C29H32N4O4. The maximum absolute atomic E-state index is 13.4. The van der Waals surface area contributed by atoms with Crippen molar-refractivity contribution in [1.29, 1.82) is 0 Å². The monoisotopic (exact) mass is 500 g/mol. The molecule has 8 nitrogen and oxygen atoms in total. The van der Waals surface area contributed by atoms with Gasteiger partial charge in [0.15, 0.2) is 0 Å². The summed E-state index contributed by atoms with van der Waals surface area (Å²) in [4.78, 5) is 30.2. The number of benzene rings is 2. The SMILES string of the molecule is C=CCOc1cccc(C2/C(=C(\O)c3cnn(-c4ccccc4)c3C)C(=O)C(=O)N2CCCN(C)C)c1. The molecule has 0 spiro atoms. The number of ketones is 1. The van der Waals surface area contributed by atoms with Gasteiger partial charge in [0.25, 0.3) is 11.7 Å². The van der Waals surface area contributed by atoms with E-state index in [0.29, 0.717) is 42.1 Å². The Morgan fingerprint density at radius 1 is 1.16 bits per heavy atom. The fourth-order valence-electron chi connectivity index (χ4n) is 4.56. The molecule has 2 aromatic carbocycles. The van der Waals surface area contributed by atoms with Gasteiger partial charge in [0.05, 0.1) is 34.8 Å². The third kappa shape index (κ3) is 5.34. The van der Waals surface area contributed by atoms with E-state index in [1.54, 1.807) is 27.8 Å². The van der Waals surface area contributed by atoms with E-state index in [1.165, 1.54) is 6.20 Å². The maximum atomic E-state index is 13.4. The van der Waals surface area contributed by atoms with E-state index in [2.05, 4.69) is 11.7 Å². The number of amides is 1. The second-order valence-electron chi connectivity index (χ2n) is 9.21. The van der Waals surface area contributed by atoms with Gasteiger partial charge in [0, 0.05) is 6.54 Å². The van der Waals surface area contributed by atoms with Crippen LogP contribution in [0.5, 0.6) is 5.75 Å². The van der Waals surface area contributed by atoms with Crippen molar-refractivity contribution in [3.63, 3.8) is 0 Å². The molecule has 37 heavy (non-hydrogen) atoms. The minimum atomic E-state index is -0.756. The Hall–Kier alpha value is -4.17. The van der Waals surface area contributed by atoms with Crippen LogP contribution in [0.25, 0.3) is 11.4 Å². The highest BCUT2D eigenvalue weighted by Gasteiger charge is 2.46. The largest absolute Gasteiger partial charge is 0.507 e. The summed E-state index contributed by atoms with van der Waals surface area (Å²) < 4.78 is 7.40. The zero-order valence-corrected chi connectivity index (χ0v) is 21.4. The Bertz CT molecular complexity index is 1330. The van der Waals surface area contributed by atoms with Gasteiger partial charge in [-0.3, -0.25) is 9.59 Å². The average Bonchev–Trinajstić information content (AvgIpc) is 3.40. The summed E-state index contributed by atoms with van der Waals surface area (Å²) in [6, 6.07) is 16.0. The standard InChI is InChI=1S/C29H32N4O4/c1-5-17-37-23-14-9-11-21(18-23)26-25(28(35)29(36)32(26)16-10-15-31(3)4)27(34)24-19-30-33(20(24)2)22-12-7-6-8-13-22/h5-9,11-14,18-19,26,34H,1,10,15-17H2,2-4H3/b27-25+. The Morgan fingerprint density at radius 3 is 2.62 bits per heavy atom. The number of carbonyl (C=O) groups excluding carboxylic acids is 2. The van der Waals surface area contributed by atoms with Crippen LogP contribution in [-0.4, -0.2) is 70.2 Å². The second kappa shape index (κ2) is 11.3. The first-order valence-corrected chi connectivity index (χ1v) is 12.2. The molecule has 0 aliphatic carbocycles. The Kier molecular flexibility index (Phi) is 7.89. The minimum Gasteiger partial charge on any atom is -0.507 e. The topological polar surface area (TPSA) is 87.9 Å². The summed E-state index contributed by atoms with van der Waals surface area (Å²) in [6.07, 6.45) is 3.85. The molecule has 1 aliphatic heterocycles. The maximum Gasteiger partial charge on any atom is 0.295 e. The van der Waals surface area contributed by atoms with Crippen molar-refractivity contribution in [2.75, 3.05) is 33.8 Å². The molecule has 1 saturated heterocycles. The molecule has 1 atom stereocenters. The molecule has 2 heterocycles. The number of aromatic nitrogens is 2. The number of likely N-dealkylation sites (tertiary alicyclic amines) is 1. The molecule has 0 saturated carbocycles. The first-order chi connectivity index (χ1) is 17.8. The number of aliphatic hydroxyl groups is 1. The van der Waals surface area contributed by atoms with E-state index in [0.717, 1.165) is 12.2 Å². The van der Waals surface area contributed by atoms with Crippen molar-refractivity contribution in [2.24, 2.45) is 0 Å². The molecule has 4 rings (SSSR count). The molecule has 192 valence electrons. The lowest BCUT2D eigenvalue weighted by Gasteiger charge is -2.26. The Labute approximate surface area is 217 Å². The van der Waals surface area contributed by atoms with Crippen LogP contribution >= 0.6 is 0 Å². The quantitative estimate of drug-likeness (QED) is 0.195. The van der Waals surface area contributed by atoms with E-state index in [-0.39, 0.29) is 11.3 Å². The summed E-state index contributed by atoms with van der Waals surface area (Å²) in [5, 5.41) is 15.9. The summed E-state index contributed by atoms with van der Waals surface area (Å²) in [5.74, 6) is -0.993. The van der Waals surface area contributed by atoms with E-state index >= 15 is 0 Å². The number of nitrogens with zero attached hydrogens (tertiary/aromatic N) is 4. The molecule has 1 unspecified atom stereocenters. The van der Waals surface area contributed by atoms with E-state index in [9.17, 15) is 14.7 Å². The summed E-state index contributed by atoms with van der Waals surface area (Å²) in [7, 11) is 3.92. The van der Waals surface area contributed by atoms with Crippen LogP contribution in [0.4, 0.5) is 0 Å². The van der Waals surface area contributed by atoms with Gasteiger partial charge >= 0.3 is 0 Å². The lowest BCUT2D eigenvalue weighted by molar-refractivity contribution is -0.139. The van der Waals surface area contributed by atoms with Crippen LogP contribution < -0.4 is 4.74 Å². The van der Waals surface area contributed by atoms with Crippen LogP contribution in [-0.2, 0) is 9.59 Å². The van der Waals surface area contributed by atoms with Gasteiger partial charge in [-0.2, -0.15) is 5.10 Å². The molecule has 1 aromatic heterocycles. The van der Waals surface area contributed by atoms with Crippen molar-refractivity contribution in [1.82, 2.24) is 19.6 Å². The molecule has 0 radical (unpaired) electrons. The van der Waals surface area contributed by atoms with Crippen molar-refractivity contribution < 1.29 is 19.4 Å². The van der Waals surface area contributed by atoms with Gasteiger partial charge in [0.2, 0.25) is 0 Å². The molecule has 1 fully saturated rings.